The number of aliphatic carboxylic acids is 1. The Balaban J connectivity index is 2.64. The Morgan fingerprint density at radius 2 is 2.09 bits per heavy atom. The summed E-state index contributed by atoms with van der Waals surface area (Å²) in [6, 6.07) is 0. The zero-order chi connectivity index (χ0) is 8.43. The Morgan fingerprint density at radius 3 is 2.55 bits per heavy atom. The molecule has 0 aromatic heterocycles. The number of hydrogen-bond acceptors (Lipinski definition) is 1. The normalized spacial score (nSPS) is 25.5. The van der Waals surface area contributed by atoms with E-state index in [2.05, 4.69) is 6.92 Å². The molecule has 0 amide bonds. The Hall–Kier alpha value is -0.790. The van der Waals surface area contributed by atoms with Gasteiger partial charge in [-0.1, -0.05) is 11.1 Å². The summed E-state index contributed by atoms with van der Waals surface area (Å²) >= 11 is 0. The molecule has 11 heavy (non-hydrogen) atoms. The van der Waals surface area contributed by atoms with Crippen LogP contribution < -0.4 is 0 Å². The molecule has 0 fully saturated rings. The molecule has 0 aromatic rings. The highest BCUT2D eigenvalue weighted by molar-refractivity contribution is 5.70. The van der Waals surface area contributed by atoms with Crippen LogP contribution in [0.4, 0.5) is 0 Å². The quantitative estimate of drug-likeness (QED) is 0.588. The van der Waals surface area contributed by atoms with E-state index in [4.69, 9.17) is 5.11 Å². The molecule has 1 aliphatic rings. The first-order valence-corrected chi connectivity index (χ1v) is 3.99. The molecule has 2 heteroatoms. The largest absolute Gasteiger partial charge is 0.481 e. The Kier molecular flexibility index (Phi) is 2.32. The van der Waals surface area contributed by atoms with Gasteiger partial charge in [-0.3, -0.25) is 4.79 Å². The van der Waals surface area contributed by atoms with E-state index in [9.17, 15) is 4.79 Å². The van der Waals surface area contributed by atoms with Gasteiger partial charge in [-0.05, 0) is 33.1 Å². The molecule has 0 bridgehead atoms. The van der Waals surface area contributed by atoms with Crippen molar-refractivity contribution in [2.45, 2.75) is 33.1 Å². The summed E-state index contributed by atoms with van der Waals surface area (Å²) in [6.45, 7) is 4.12. The van der Waals surface area contributed by atoms with E-state index in [1.807, 2.05) is 6.92 Å². The average Bonchev–Trinajstić information content (AvgIpc) is 1.94. The Bertz CT molecular complexity index is 204. The Labute approximate surface area is 66.9 Å². The zero-order valence-electron chi connectivity index (χ0n) is 7.05. The molecule has 0 aromatic carbocycles. The average molecular weight is 154 g/mol. The van der Waals surface area contributed by atoms with Crippen LogP contribution in [0.25, 0.3) is 0 Å². The number of allylic oxidation sites excluding steroid dienone is 2. The second-order valence-electron chi connectivity index (χ2n) is 3.34. The second kappa shape index (κ2) is 3.07. The minimum absolute atomic E-state index is 0.126. The van der Waals surface area contributed by atoms with Crippen LogP contribution in [0, 0.1) is 5.92 Å². The maximum atomic E-state index is 10.6. The molecule has 2 nitrogen and oxygen atoms in total. The maximum absolute atomic E-state index is 10.6. The highest BCUT2D eigenvalue weighted by Crippen LogP contribution is 2.28. The Morgan fingerprint density at radius 1 is 1.45 bits per heavy atom. The van der Waals surface area contributed by atoms with Crippen molar-refractivity contribution in [1.29, 1.82) is 0 Å². The van der Waals surface area contributed by atoms with E-state index in [0.29, 0.717) is 0 Å². The van der Waals surface area contributed by atoms with Crippen molar-refractivity contribution < 1.29 is 9.90 Å². The number of carboxylic acid groups (broad SMARTS) is 1. The second-order valence-corrected chi connectivity index (χ2v) is 3.34. The molecule has 0 radical (unpaired) electrons. The first kappa shape index (κ1) is 8.31. The molecular formula is C9H14O2. The summed E-state index contributed by atoms with van der Waals surface area (Å²) in [5.41, 5.74) is 2.64. The number of carbonyl (C=O) groups is 1. The van der Waals surface area contributed by atoms with Gasteiger partial charge in [0.05, 0.1) is 5.92 Å². The fourth-order valence-corrected chi connectivity index (χ4v) is 1.46. The van der Waals surface area contributed by atoms with Crippen molar-refractivity contribution in [3.8, 4) is 0 Å². The number of rotatable bonds is 1. The molecule has 1 unspecified atom stereocenters. The van der Waals surface area contributed by atoms with Gasteiger partial charge in [0.15, 0.2) is 0 Å². The summed E-state index contributed by atoms with van der Waals surface area (Å²) in [5, 5.41) is 8.72. The summed E-state index contributed by atoms with van der Waals surface area (Å²) in [6.07, 6.45) is 2.53. The van der Waals surface area contributed by atoms with Gasteiger partial charge in [-0.2, -0.15) is 0 Å². The van der Waals surface area contributed by atoms with E-state index >= 15 is 0 Å². The van der Waals surface area contributed by atoms with E-state index < -0.39 is 5.97 Å². The number of hydrogen-bond donors (Lipinski definition) is 1. The molecular weight excluding hydrogens is 140 g/mol. The highest BCUT2D eigenvalue weighted by atomic mass is 16.4. The summed E-state index contributed by atoms with van der Waals surface area (Å²) in [5.74, 6) is -0.768. The topological polar surface area (TPSA) is 37.3 Å². The summed E-state index contributed by atoms with van der Waals surface area (Å²) < 4.78 is 0. The van der Waals surface area contributed by atoms with Gasteiger partial charge < -0.3 is 5.11 Å². The van der Waals surface area contributed by atoms with Crippen LogP contribution in [0.15, 0.2) is 11.1 Å². The molecule has 0 saturated heterocycles. The van der Waals surface area contributed by atoms with Crippen LogP contribution in [-0.4, -0.2) is 11.1 Å². The van der Waals surface area contributed by atoms with Crippen molar-refractivity contribution in [2.75, 3.05) is 0 Å². The smallest absolute Gasteiger partial charge is 0.306 e. The van der Waals surface area contributed by atoms with Crippen LogP contribution in [0.2, 0.25) is 0 Å². The van der Waals surface area contributed by atoms with Gasteiger partial charge in [-0.15, -0.1) is 0 Å². The number of carboxylic acids is 1. The maximum Gasteiger partial charge on any atom is 0.306 e. The minimum Gasteiger partial charge on any atom is -0.481 e. The molecule has 0 spiro atoms. The van der Waals surface area contributed by atoms with Gasteiger partial charge in [0.25, 0.3) is 0 Å². The minimum atomic E-state index is -0.642. The molecule has 0 heterocycles. The van der Waals surface area contributed by atoms with Gasteiger partial charge in [0.2, 0.25) is 0 Å². The van der Waals surface area contributed by atoms with E-state index in [0.717, 1.165) is 19.3 Å². The standard InChI is InChI=1S/C9H14O2/c1-6-3-4-8(9(10)11)5-7(6)2/h8H,3-5H2,1-2H3,(H,10,11). The van der Waals surface area contributed by atoms with Crippen molar-refractivity contribution in [3.05, 3.63) is 11.1 Å². The first-order valence-electron chi connectivity index (χ1n) is 3.99. The molecule has 1 N–H and O–H groups in total. The predicted octanol–water partition coefficient (Wildman–Crippen LogP) is 2.21. The summed E-state index contributed by atoms with van der Waals surface area (Å²) in [4.78, 5) is 10.6. The van der Waals surface area contributed by atoms with Crippen molar-refractivity contribution in [1.82, 2.24) is 0 Å². The SMILES string of the molecule is CC1=C(C)CC(C(=O)O)CC1. The van der Waals surface area contributed by atoms with Crippen molar-refractivity contribution in [2.24, 2.45) is 5.92 Å². The van der Waals surface area contributed by atoms with E-state index in [1.165, 1.54) is 11.1 Å². The first-order chi connectivity index (χ1) is 5.11. The van der Waals surface area contributed by atoms with Crippen LogP contribution in [0.3, 0.4) is 0 Å². The molecule has 62 valence electrons. The van der Waals surface area contributed by atoms with Gasteiger partial charge >= 0.3 is 5.97 Å². The van der Waals surface area contributed by atoms with Crippen LogP contribution in [0.1, 0.15) is 33.1 Å². The fraction of sp³-hybridized carbons (Fsp3) is 0.667. The summed E-state index contributed by atoms with van der Waals surface area (Å²) in [7, 11) is 0. The lowest BCUT2D eigenvalue weighted by Crippen LogP contribution is -2.17. The third-order valence-corrected chi connectivity index (χ3v) is 2.50. The van der Waals surface area contributed by atoms with E-state index in [-0.39, 0.29) is 5.92 Å². The lowest BCUT2D eigenvalue weighted by atomic mass is 9.85. The van der Waals surface area contributed by atoms with Gasteiger partial charge in [-0.25, -0.2) is 0 Å². The third-order valence-electron chi connectivity index (χ3n) is 2.50. The highest BCUT2D eigenvalue weighted by Gasteiger charge is 2.22. The van der Waals surface area contributed by atoms with Crippen molar-refractivity contribution >= 4 is 5.97 Å². The molecule has 1 rings (SSSR count). The molecule has 1 atom stereocenters. The zero-order valence-corrected chi connectivity index (χ0v) is 7.05. The van der Waals surface area contributed by atoms with Crippen LogP contribution in [-0.2, 0) is 4.79 Å². The van der Waals surface area contributed by atoms with Gasteiger partial charge in [0, 0.05) is 0 Å². The van der Waals surface area contributed by atoms with Crippen LogP contribution >= 0.6 is 0 Å². The van der Waals surface area contributed by atoms with Crippen LogP contribution in [0.5, 0.6) is 0 Å². The molecule has 1 aliphatic carbocycles. The predicted molar refractivity (Wildman–Crippen MR) is 43.4 cm³/mol. The monoisotopic (exact) mass is 154 g/mol. The fourth-order valence-electron chi connectivity index (χ4n) is 1.46. The molecule has 0 aliphatic heterocycles. The lowest BCUT2D eigenvalue weighted by Gasteiger charge is -2.20. The third kappa shape index (κ3) is 1.82. The van der Waals surface area contributed by atoms with Gasteiger partial charge in [0.1, 0.15) is 0 Å². The molecule has 0 saturated carbocycles. The van der Waals surface area contributed by atoms with E-state index in [1.54, 1.807) is 0 Å². The van der Waals surface area contributed by atoms with Crippen molar-refractivity contribution in [3.63, 3.8) is 0 Å². The lowest BCUT2D eigenvalue weighted by molar-refractivity contribution is -0.142.